The molecule has 0 fully saturated rings. The molecule has 18 heavy (non-hydrogen) atoms. The highest BCUT2D eigenvalue weighted by molar-refractivity contribution is 9.10. The van der Waals surface area contributed by atoms with Crippen LogP contribution in [0.4, 0.5) is 8.78 Å². The first-order valence-corrected chi connectivity index (χ1v) is 6.07. The lowest BCUT2D eigenvalue weighted by atomic mass is 9.97. The number of halogens is 3. The average molecular weight is 317 g/mol. The fourth-order valence-corrected chi connectivity index (χ4v) is 1.78. The Morgan fingerprint density at radius 3 is 2.11 bits per heavy atom. The number of hydrogen-bond donors (Lipinski definition) is 0. The molecule has 1 aromatic carbocycles. The van der Waals surface area contributed by atoms with E-state index in [4.69, 9.17) is 4.42 Å². The zero-order valence-corrected chi connectivity index (χ0v) is 11.7. The normalized spacial score (nSPS) is 11.9. The summed E-state index contributed by atoms with van der Waals surface area (Å²) in [5.74, 6) is -1.31. The molecule has 0 N–H and O–H groups in total. The van der Waals surface area contributed by atoms with E-state index in [0.717, 1.165) is 12.1 Å². The average Bonchev–Trinajstić information content (AvgIpc) is 2.64. The summed E-state index contributed by atoms with van der Waals surface area (Å²) < 4.78 is 33.0. The molecular weight excluding hydrogens is 306 g/mol. The van der Waals surface area contributed by atoms with Crippen LogP contribution < -0.4 is 0 Å². The SMILES string of the molecule is CC(C)(C)c1nnc(-c2c(F)cc(Br)cc2F)o1. The topological polar surface area (TPSA) is 38.9 Å². The van der Waals surface area contributed by atoms with Crippen molar-refractivity contribution in [3.05, 3.63) is 34.1 Å². The number of benzene rings is 1. The largest absolute Gasteiger partial charge is 0.420 e. The molecule has 0 saturated heterocycles. The summed E-state index contributed by atoms with van der Waals surface area (Å²) in [7, 11) is 0. The minimum absolute atomic E-state index is 0.151. The fraction of sp³-hybridized carbons (Fsp3) is 0.333. The van der Waals surface area contributed by atoms with E-state index in [9.17, 15) is 8.78 Å². The Labute approximate surface area is 111 Å². The predicted octanol–water partition coefficient (Wildman–Crippen LogP) is 4.07. The Morgan fingerprint density at radius 1 is 1.11 bits per heavy atom. The van der Waals surface area contributed by atoms with Crippen LogP contribution in [0, 0.1) is 11.6 Å². The molecule has 96 valence electrons. The minimum atomic E-state index is -0.744. The van der Waals surface area contributed by atoms with Gasteiger partial charge in [0, 0.05) is 9.89 Å². The van der Waals surface area contributed by atoms with Gasteiger partial charge in [-0.2, -0.15) is 0 Å². The third kappa shape index (κ3) is 2.43. The van der Waals surface area contributed by atoms with E-state index in [2.05, 4.69) is 26.1 Å². The second-order valence-corrected chi connectivity index (χ2v) is 5.82. The minimum Gasteiger partial charge on any atom is -0.420 e. The summed E-state index contributed by atoms with van der Waals surface area (Å²) >= 11 is 3.01. The fourth-order valence-electron chi connectivity index (χ4n) is 1.37. The summed E-state index contributed by atoms with van der Waals surface area (Å²) in [6, 6.07) is 2.30. The van der Waals surface area contributed by atoms with E-state index in [1.807, 2.05) is 20.8 Å². The molecule has 6 heteroatoms. The highest BCUT2D eigenvalue weighted by atomic mass is 79.9. The molecule has 0 aliphatic rings. The van der Waals surface area contributed by atoms with Gasteiger partial charge in [0.05, 0.1) is 0 Å². The van der Waals surface area contributed by atoms with Crippen molar-refractivity contribution < 1.29 is 13.2 Å². The molecule has 0 aliphatic carbocycles. The molecule has 1 aromatic heterocycles. The van der Waals surface area contributed by atoms with E-state index >= 15 is 0 Å². The van der Waals surface area contributed by atoms with Gasteiger partial charge in [0.2, 0.25) is 5.89 Å². The van der Waals surface area contributed by atoms with Crippen LogP contribution in [0.25, 0.3) is 11.5 Å². The van der Waals surface area contributed by atoms with Gasteiger partial charge in [-0.15, -0.1) is 10.2 Å². The van der Waals surface area contributed by atoms with Crippen LogP contribution in [0.15, 0.2) is 21.0 Å². The Balaban J connectivity index is 2.53. The Morgan fingerprint density at radius 2 is 1.67 bits per heavy atom. The van der Waals surface area contributed by atoms with Crippen LogP contribution in [0.3, 0.4) is 0 Å². The number of rotatable bonds is 1. The maximum absolute atomic E-state index is 13.7. The Kier molecular flexibility index (Phi) is 3.23. The van der Waals surface area contributed by atoms with Crippen molar-refractivity contribution in [2.24, 2.45) is 0 Å². The summed E-state index contributed by atoms with van der Waals surface area (Å²) in [4.78, 5) is 0. The van der Waals surface area contributed by atoms with Crippen LogP contribution in [0.2, 0.25) is 0 Å². The van der Waals surface area contributed by atoms with Gasteiger partial charge in [-0.3, -0.25) is 0 Å². The first-order valence-electron chi connectivity index (χ1n) is 5.28. The third-order valence-electron chi connectivity index (χ3n) is 2.29. The molecule has 3 nitrogen and oxygen atoms in total. The second kappa shape index (κ2) is 4.42. The molecule has 0 amide bonds. The van der Waals surface area contributed by atoms with Crippen LogP contribution in [-0.4, -0.2) is 10.2 Å². The zero-order chi connectivity index (χ0) is 13.5. The molecule has 0 spiro atoms. The maximum atomic E-state index is 13.7. The monoisotopic (exact) mass is 316 g/mol. The Bertz CT molecular complexity index is 567. The lowest BCUT2D eigenvalue weighted by Crippen LogP contribution is -2.11. The standard InChI is InChI=1S/C12H11BrF2N2O/c1-12(2,3)11-17-16-10(18-11)9-7(14)4-6(13)5-8(9)15/h4-5H,1-3H3. The summed E-state index contributed by atoms with van der Waals surface area (Å²) in [6.45, 7) is 5.62. The Hall–Kier alpha value is -1.30. The van der Waals surface area contributed by atoms with Gasteiger partial charge in [-0.05, 0) is 12.1 Å². The van der Waals surface area contributed by atoms with Crippen LogP contribution >= 0.6 is 15.9 Å². The van der Waals surface area contributed by atoms with Crippen LogP contribution in [0.1, 0.15) is 26.7 Å². The molecule has 0 bridgehead atoms. The van der Waals surface area contributed by atoms with E-state index in [1.54, 1.807) is 0 Å². The zero-order valence-electron chi connectivity index (χ0n) is 10.1. The summed E-state index contributed by atoms with van der Waals surface area (Å²) in [5, 5.41) is 7.50. The summed E-state index contributed by atoms with van der Waals surface area (Å²) in [5.41, 5.74) is -0.672. The predicted molar refractivity (Wildman–Crippen MR) is 66.1 cm³/mol. The van der Waals surface area contributed by atoms with Gasteiger partial charge < -0.3 is 4.42 Å². The highest BCUT2D eigenvalue weighted by Gasteiger charge is 2.24. The molecule has 2 rings (SSSR count). The molecular formula is C12H11BrF2N2O. The van der Waals surface area contributed by atoms with E-state index < -0.39 is 11.6 Å². The second-order valence-electron chi connectivity index (χ2n) is 4.91. The van der Waals surface area contributed by atoms with Gasteiger partial charge in [-0.25, -0.2) is 8.78 Å². The van der Waals surface area contributed by atoms with E-state index in [-0.39, 0.29) is 16.9 Å². The van der Waals surface area contributed by atoms with Crippen molar-refractivity contribution in [2.45, 2.75) is 26.2 Å². The first kappa shape index (κ1) is 13.1. The maximum Gasteiger partial charge on any atom is 0.253 e. The molecule has 0 radical (unpaired) electrons. The van der Waals surface area contributed by atoms with Gasteiger partial charge >= 0.3 is 0 Å². The van der Waals surface area contributed by atoms with Gasteiger partial charge in [-0.1, -0.05) is 36.7 Å². The van der Waals surface area contributed by atoms with Crippen LogP contribution in [0.5, 0.6) is 0 Å². The highest BCUT2D eigenvalue weighted by Crippen LogP contribution is 2.30. The lowest BCUT2D eigenvalue weighted by Gasteiger charge is -2.11. The van der Waals surface area contributed by atoms with Crippen molar-refractivity contribution in [3.8, 4) is 11.5 Å². The van der Waals surface area contributed by atoms with Crippen molar-refractivity contribution in [3.63, 3.8) is 0 Å². The van der Waals surface area contributed by atoms with E-state index in [0.29, 0.717) is 10.4 Å². The van der Waals surface area contributed by atoms with Crippen molar-refractivity contribution in [1.82, 2.24) is 10.2 Å². The van der Waals surface area contributed by atoms with Crippen molar-refractivity contribution in [2.75, 3.05) is 0 Å². The molecule has 0 aliphatic heterocycles. The number of aromatic nitrogens is 2. The quantitative estimate of drug-likeness (QED) is 0.796. The molecule has 0 atom stereocenters. The molecule has 0 unspecified atom stereocenters. The molecule has 0 saturated carbocycles. The summed E-state index contributed by atoms with van der Waals surface area (Å²) in [6.07, 6.45) is 0. The van der Waals surface area contributed by atoms with E-state index in [1.165, 1.54) is 0 Å². The lowest BCUT2D eigenvalue weighted by molar-refractivity contribution is 0.397. The van der Waals surface area contributed by atoms with Gasteiger partial charge in [0.1, 0.15) is 17.2 Å². The molecule has 1 heterocycles. The van der Waals surface area contributed by atoms with Gasteiger partial charge in [0.25, 0.3) is 5.89 Å². The van der Waals surface area contributed by atoms with Crippen molar-refractivity contribution >= 4 is 15.9 Å². The smallest absolute Gasteiger partial charge is 0.253 e. The third-order valence-corrected chi connectivity index (χ3v) is 2.75. The molecule has 2 aromatic rings. The van der Waals surface area contributed by atoms with Crippen molar-refractivity contribution in [1.29, 1.82) is 0 Å². The van der Waals surface area contributed by atoms with Crippen LogP contribution in [-0.2, 0) is 5.41 Å². The number of hydrogen-bond acceptors (Lipinski definition) is 3. The number of nitrogens with zero attached hydrogens (tertiary/aromatic N) is 2. The van der Waals surface area contributed by atoms with Gasteiger partial charge in [0.15, 0.2) is 0 Å². The first-order chi connectivity index (χ1) is 8.29.